The molecular weight excluding hydrogens is 472 g/mol. The van der Waals surface area contributed by atoms with Crippen LogP contribution in [0.5, 0.6) is 11.6 Å². The number of fused-ring (bicyclic) bond motifs is 1. The summed E-state index contributed by atoms with van der Waals surface area (Å²) in [6.07, 6.45) is 5.68. The van der Waals surface area contributed by atoms with Crippen molar-refractivity contribution < 1.29 is 10.9 Å². The van der Waals surface area contributed by atoms with Crippen LogP contribution in [-0.4, -0.2) is 75.3 Å². The SMILES string of the molecule is C=[S@@](C)CCOCn1nccc1-c1ccc(Oc2ccc3nc(CN4CCNCC4)ccc3c2)nc1.[HH]. The van der Waals surface area contributed by atoms with Gasteiger partial charge in [-0.15, -0.1) is 0 Å². The van der Waals surface area contributed by atoms with E-state index in [2.05, 4.69) is 44.6 Å². The Morgan fingerprint density at radius 2 is 2.00 bits per heavy atom. The number of pyridine rings is 2. The van der Waals surface area contributed by atoms with Crippen LogP contribution in [0.25, 0.3) is 22.2 Å². The highest BCUT2D eigenvalue weighted by Crippen LogP contribution is 2.26. The van der Waals surface area contributed by atoms with Crippen molar-refractivity contribution in [2.24, 2.45) is 0 Å². The molecule has 4 heterocycles. The molecule has 1 fully saturated rings. The van der Waals surface area contributed by atoms with Crippen molar-refractivity contribution in [3.63, 3.8) is 0 Å². The average Bonchev–Trinajstić information content (AvgIpc) is 3.36. The summed E-state index contributed by atoms with van der Waals surface area (Å²) in [6, 6.07) is 16.0. The zero-order valence-electron chi connectivity index (χ0n) is 20.6. The molecule has 190 valence electrons. The fourth-order valence-electron chi connectivity index (χ4n) is 4.14. The van der Waals surface area contributed by atoms with Crippen molar-refractivity contribution in [1.82, 2.24) is 30.0 Å². The van der Waals surface area contributed by atoms with Gasteiger partial charge in [0, 0.05) is 69.3 Å². The summed E-state index contributed by atoms with van der Waals surface area (Å²) in [5, 5.41) is 8.81. The molecule has 1 aliphatic rings. The summed E-state index contributed by atoms with van der Waals surface area (Å²) in [7, 11) is 0.129. The second-order valence-corrected chi connectivity index (χ2v) is 10.9. The first-order chi connectivity index (χ1) is 17.6. The third-order valence-electron chi connectivity index (χ3n) is 6.07. The second kappa shape index (κ2) is 11.7. The number of aromatic nitrogens is 4. The van der Waals surface area contributed by atoms with E-state index in [0.717, 1.165) is 72.1 Å². The van der Waals surface area contributed by atoms with Gasteiger partial charge in [0.25, 0.3) is 0 Å². The number of piperazine rings is 1. The highest BCUT2D eigenvalue weighted by molar-refractivity contribution is 8.13. The molecule has 1 N–H and O–H groups in total. The van der Waals surface area contributed by atoms with Crippen molar-refractivity contribution in [3.05, 3.63) is 66.6 Å². The number of benzene rings is 1. The summed E-state index contributed by atoms with van der Waals surface area (Å²) < 4.78 is 13.6. The van der Waals surface area contributed by atoms with Gasteiger partial charge in [0.1, 0.15) is 12.5 Å². The first-order valence-corrected chi connectivity index (χ1v) is 14.1. The fourth-order valence-corrected chi connectivity index (χ4v) is 4.54. The molecule has 0 bridgehead atoms. The van der Waals surface area contributed by atoms with Crippen LogP contribution >= 0.6 is 10.5 Å². The third kappa shape index (κ3) is 6.36. The van der Waals surface area contributed by atoms with Crippen molar-refractivity contribution in [3.8, 4) is 22.9 Å². The normalized spacial score (nSPS) is 15.2. The summed E-state index contributed by atoms with van der Waals surface area (Å²) in [4.78, 5) is 11.8. The van der Waals surface area contributed by atoms with Crippen molar-refractivity contribution in [2.45, 2.75) is 13.3 Å². The number of ether oxygens (including phenoxy) is 2. The number of nitrogens with one attached hydrogen (secondary N) is 1. The summed E-state index contributed by atoms with van der Waals surface area (Å²) in [6.45, 7) is 6.16. The molecule has 3 aromatic heterocycles. The van der Waals surface area contributed by atoms with Crippen LogP contribution in [0, 0.1) is 0 Å². The van der Waals surface area contributed by atoms with Crippen molar-refractivity contribution in [1.29, 1.82) is 0 Å². The quantitative estimate of drug-likeness (QED) is 0.255. The Bertz CT molecular complexity index is 1320. The molecule has 4 aromatic rings. The first-order valence-electron chi connectivity index (χ1n) is 12.1. The van der Waals surface area contributed by atoms with Gasteiger partial charge in [0.2, 0.25) is 5.88 Å². The molecule has 5 rings (SSSR count). The fraction of sp³-hybridized carbons (Fsp3) is 0.333. The number of rotatable bonds is 10. The lowest BCUT2D eigenvalue weighted by atomic mass is 10.2. The molecule has 0 spiro atoms. The minimum Gasteiger partial charge on any atom is -0.439 e. The van der Waals surface area contributed by atoms with Crippen molar-refractivity contribution >= 4 is 27.3 Å². The Morgan fingerprint density at radius 1 is 1.11 bits per heavy atom. The summed E-state index contributed by atoms with van der Waals surface area (Å²) in [5.74, 6) is 6.23. The largest absolute Gasteiger partial charge is 0.439 e. The van der Waals surface area contributed by atoms with Gasteiger partial charge >= 0.3 is 0 Å². The molecule has 0 aliphatic carbocycles. The van der Waals surface area contributed by atoms with E-state index in [0.29, 0.717) is 19.2 Å². The molecule has 0 amide bonds. The van der Waals surface area contributed by atoms with Gasteiger partial charge in [-0.2, -0.15) is 15.6 Å². The first kappa shape index (κ1) is 24.6. The monoisotopic (exact) mass is 506 g/mol. The van der Waals surface area contributed by atoms with Crippen LogP contribution in [0.1, 0.15) is 7.12 Å². The third-order valence-corrected chi connectivity index (χ3v) is 6.94. The van der Waals surface area contributed by atoms with E-state index in [1.807, 2.05) is 41.1 Å². The minimum atomic E-state index is 0. The Labute approximate surface area is 215 Å². The standard InChI is InChI=1S/C27H32N6O2S.H2/c1-36(2)16-15-34-20-33-26(9-10-30-33)22-4-8-27(29-18-22)35-24-6-7-25-21(17-24)3-5-23(31-25)19-32-13-11-28-12-14-32;/h3-10,17-18,28H,1,11-16,19-20H2,2H3;1H/t36-;/m0./s1. The number of hydrogen-bond donors (Lipinski definition) is 1. The zero-order chi connectivity index (χ0) is 24.7. The topological polar surface area (TPSA) is 77.3 Å². The number of nitrogens with zero attached hydrogens (tertiary/aromatic N) is 5. The van der Waals surface area contributed by atoms with Crippen LogP contribution in [0.3, 0.4) is 0 Å². The summed E-state index contributed by atoms with van der Waals surface area (Å²) in [5.41, 5.74) is 3.97. The Kier molecular flexibility index (Phi) is 8.02. The van der Waals surface area contributed by atoms with Gasteiger partial charge in [0.05, 0.1) is 23.5 Å². The molecule has 0 radical (unpaired) electrons. The molecule has 0 unspecified atom stereocenters. The maximum atomic E-state index is 6.04. The van der Waals surface area contributed by atoms with Gasteiger partial charge in [-0.3, -0.25) is 9.88 Å². The van der Waals surface area contributed by atoms with E-state index in [1.54, 1.807) is 12.4 Å². The Hall–Kier alpha value is -3.11. The van der Waals surface area contributed by atoms with Crippen LogP contribution in [0.4, 0.5) is 0 Å². The van der Waals surface area contributed by atoms with Gasteiger partial charge in [-0.05, 0) is 42.7 Å². The van der Waals surface area contributed by atoms with E-state index in [9.17, 15) is 0 Å². The van der Waals surface area contributed by atoms with E-state index in [1.165, 1.54) is 0 Å². The van der Waals surface area contributed by atoms with Crippen LogP contribution in [0.15, 0.2) is 60.9 Å². The molecule has 1 atom stereocenters. The van der Waals surface area contributed by atoms with Gasteiger partial charge in [-0.25, -0.2) is 9.67 Å². The molecule has 1 aliphatic heterocycles. The lowest BCUT2D eigenvalue weighted by Crippen LogP contribution is -2.43. The lowest BCUT2D eigenvalue weighted by Gasteiger charge is -2.26. The van der Waals surface area contributed by atoms with Gasteiger partial charge < -0.3 is 14.8 Å². The van der Waals surface area contributed by atoms with E-state index >= 15 is 0 Å². The predicted molar refractivity (Wildman–Crippen MR) is 149 cm³/mol. The van der Waals surface area contributed by atoms with Crippen LogP contribution in [-0.2, 0) is 18.0 Å². The molecule has 36 heavy (non-hydrogen) atoms. The Balaban J connectivity index is 0.00000320. The highest BCUT2D eigenvalue weighted by atomic mass is 32.2. The Morgan fingerprint density at radius 3 is 2.81 bits per heavy atom. The van der Waals surface area contributed by atoms with Crippen LogP contribution < -0.4 is 10.1 Å². The van der Waals surface area contributed by atoms with Crippen molar-refractivity contribution in [2.75, 3.05) is 44.8 Å². The maximum absolute atomic E-state index is 6.04. The molecule has 1 saturated heterocycles. The van der Waals surface area contributed by atoms with Gasteiger partial charge in [-0.1, -0.05) is 11.9 Å². The molecule has 0 saturated carbocycles. The number of hydrogen-bond acceptors (Lipinski definition) is 7. The highest BCUT2D eigenvalue weighted by Gasteiger charge is 2.12. The molecule has 8 nitrogen and oxygen atoms in total. The van der Waals surface area contributed by atoms with E-state index < -0.39 is 0 Å². The summed E-state index contributed by atoms with van der Waals surface area (Å²) >= 11 is 0. The zero-order valence-corrected chi connectivity index (χ0v) is 21.4. The van der Waals surface area contributed by atoms with E-state index in [-0.39, 0.29) is 11.9 Å². The molecule has 1 aromatic carbocycles. The predicted octanol–water partition coefficient (Wildman–Crippen LogP) is 4.24. The molecular formula is C27H34N6O2S. The molecule has 9 heteroatoms. The van der Waals surface area contributed by atoms with Crippen LogP contribution in [0.2, 0.25) is 0 Å². The van der Waals surface area contributed by atoms with Gasteiger partial charge in [0.15, 0.2) is 0 Å². The second-order valence-electron chi connectivity index (χ2n) is 8.91. The lowest BCUT2D eigenvalue weighted by molar-refractivity contribution is 0.0824. The minimum absolute atomic E-state index is 0. The maximum Gasteiger partial charge on any atom is 0.219 e. The average molecular weight is 507 g/mol. The van der Waals surface area contributed by atoms with E-state index in [4.69, 9.17) is 14.5 Å². The smallest absolute Gasteiger partial charge is 0.219 e.